The van der Waals surface area contributed by atoms with Crippen LogP contribution >= 0.6 is 11.3 Å². The Balaban J connectivity index is 1.19. The molecule has 5 aromatic heterocycles. The highest BCUT2D eigenvalue weighted by Crippen LogP contribution is 2.52. The third-order valence-electron chi connectivity index (χ3n) is 13.0. The Morgan fingerprint density at radius 1 is 0.470 bits per heavy atom. The van der Waals surface area contributed by atoms with Crippen molar-refractivity contribution in [2.45, 2.75) is 0 Å². The number of fused-ring (bicyclic) bond motifs is 15. The first kappa shape index (κ1) is 36.6. The minimum Gasteiger partial charge on any atom is -0.455 e. The van der Waals surface area contributed by atoms with E-state index in [-0.39, 0.29) is 0 Å². The fourth-order valence-electron chi connectivity index (χ4n) is 10.3. The molecule has 14 rings (SSSR count). The largest absolute Gasteiger partial charge is 0.455 e. The summed E-state index contributed by atoms with van der Waals surface area (Å²) in [5.41, 5.74) is 10.1. The molecule has 306 valence electrons. The Morgan fingerprint density at radius 2 is 0.985 bits per heavy atom. The lowest BCUT2D eigenvalue weighted by Gasteiger charge is -2.15. The maximum absolute atomic E-state index is 11.4. The van der Waals surface area contributed by atoms with Crippen LogP contribution in [0.2, 0.25) is 0 Å². The van der Waals surface area contributed by atoms with Gasteiger partial charge in [0.2, 0.25) is 0 Å². The van der Waals surface area contributed by atoms with Crippen molar-refractivity contribution in [2.24, 2.45) is 0 Å². The smallest absolute Gasteiger partial charge is 0.169 e. The predicted octanol–water partition coefficient (Wildman–Crippen LogP) is 15.2. The zero-order valence-corrected chi connectivity index (χ0v) is 35.8. The lowest BCUT2D eigenvalue weighted by Crippen LogP contribution is -2.03. The van der Waals surface area contributed by atoms with Crippen molar-refractivity contribution in [1.82, 2.24) is 24.1 Å². The van der Waals surface area contributed by atoms with Crippen molar-refractivity contribution in [3.63, 3.8) is 0 Å². The summed E-state index contributed by atoms with van der Waals surface area (Å²) >= 11 is 1.84. The molecular weight excluding hydrogens is 829 g/mol. The minimum atomic E-state index is 0.359. The van der Waals surface area contributed by atoms with Crippen LogP contribution in [0.3, 0.4) is 0 Å². The second-order valence-corrected chi connectivity index (χ2v) is 17.6. The van der Waals surface area contributed by atoms with E-state index < -0.39 is 0 Å². The van der Waals surface area contributed by atoms with Gasteiger partial charge in [-0.15, -0.1) is 11.3 Å². The molecule has 0 saturated carbocycles. The van der Waals surface area contributed by atoms with Crippen LogP contribution in [-0.2, 0) is 0 Å². The molecule has 9 aromatic carbocycles. The van der Waals surface area contributed by atoms with Gasteiger partial charge >= 0.3 is 0 Å². The normalized spacial score (nSPS) is 11.9. The predicted molar refractivity (Wildman–Crippen MR) is 270 cm³/mol. The van der Waals surface area contributed by atoms with Gasteiger partial charge in [-0.1, -0.05) is 152 Å². The first-order valence-corrected chi connectivity index (χ1v) is 22.7. The maximum atomic E-state index is 11.4. The molecule has 8 heteroatoms. The van der Waals surface area contributed by atoms with Gasteiger partial charge in [0.15, 0.2) is 17.5 Å². The van der Waals surface area contributed by atoms with Crippen molar-refractivity contribution in [3.8, 4) is 51.6 Å². The lowest BCUT2D eigenvalue weighted by atomic mass is 9.99. The Hall–Kier alpha value is -8.90. The molecule has 0 amide bonds. The van der Waals surface area contributed by atoms with Gasteiger partial charge in [0.1, 0.15) is 17.2 Å². The van der Waals surface area contributed by atoms with Crippen LogP contribution in [0, 0.1) is 11.3 Å². The molecule has 0 spiro atoms. The Labute approximate surface area is 380 Å². The number of hydrogen-bond donors (Lipinski definition) is 0. The molecule has 0 aliphatic rings. The summed E-state index contributed by atoms with van der Waals surface area (Å²) in [6.07, 6.45) is 0. The highest BCUT2D eigenvalue weighted by atomic mass is 32.1. The fourth-order valence-corrected chi connectivity index (χ4v) is 11.5. The fraction of sp³-hybridized carbons (Fsp3) is 0. The Morgan fingerprint density at radius 3 is 1.67 bits per heavy atom. The lowest BCUT2D eigenvalue weighted by molar-refractivity contribution is 0.669. The number of para-hydroxylation sites is 4. The monoisotopic (exact) mass is 860 g/mol. The third-order valence-corrected chi connectivity index (χ3v) is 14.2. The number of benzene rings is 9. The third kappa shape index (κ3) is 5.14. The molecule has 0 aliphatic heterocycles. The van der Waals surface area contributed by atoms with Crippen LogP contribution in [-0.4, -0.2) is 24.1 Å². The quantitative estimate of drug-likeness (QED) is 0.172. The standard InChI is InChI=1S/C58H32N6OS/c59-33-36-32-44(48-40-26-12-16-30-45(40)65-54(48)47(36)58-61-56(34-18-4-1-5-19-34)60-57(62-58)35-20-6-2-7-21-35)64-43-29-15-10-24-38(43)49-52-50(55-51(53(49)64)41-27-13-17-31-46(41)66-55)39-25-11-14-28-42(39)63(52)37-22-8-3-9-23-37/h1-32H. The van der Waals surface area contributed by atoms with Crippen molar-refractivity contribution < 1.29 is 4.42 Å². The first-order chi connectivity index (χ1) is 32.7. The molecule has 0 fully saturated rings. The SMILES string of the molecule is N#Cc1cc(-n2c3ccccc3c3c4c(c5ccccc5n4-c4ccccc4)c4sc5ccccc5c4c32)c2c(oc3ccccc32)c1-c1nc(-c2ccccc2)nc(-c2ccccc2)n1. The Kier molecular flexibility index (Phi) is 7.79. The Bertz CT molecular complexity index is 4290. The summed E-state index contributed by atoms with van der Waals surface area (Å²) in [5, 5.41) is 20.2. The minimum absolute atomic E-state index is 0.359. The molecule has 66 heavy (non-hydrogen) atoms. The molecule has 0 N–H and O–H groups in total. The van der Waals surface area contributed by atoms with Gasteiger partial charge in [-0.3, -0.25) is 0 Å². The van der Waals surface area contributed by atoms with Crippen molar-refractivity contribution in [3.05, 3.63) is 200 Å². The molecule has 0 aliphatic carbocycles. The van der Waals surface area contributed by atoms with Crippen molar-refractivity contribution in [1.29, 1.82) is 5.26 Å². The average molecular weight is 861 g/mol. The van der Waals surface area contributed by atoms with Crippen LogP contribution in [0.25, 0.3) is 131 Å². The molecular formula is C58H32N6OS. The van der Waals surface area contributed by atoms with Gasteiger partial charge in [0, 0.05) is 63.9 Å². The second-order valence-electron chi connectivity index (χ2n) is 16.6. The highest BCUT2D eigenvalue weighted by molar-refractivity contribution is 7.27. The summed E-state index contributed by atoms with van der Waals surface area (Å²) in [7, 11) is 0. The van der Waals surface area contributed by atoms with E-state index in [1.807, 2.05) is 96.3 Å². The van der Waals surface area contributed by atoms with Crippen LogP contribution < -0.4 is 0 Å². The van der Waals surface area contributed by atoms with Gasteiger partial charge in [-0.25, -0.2) is 15.0 Å². The van der Waals surface area contributed by atoms with Crippen molar-refractivity contribution in [2.75, 3.05) is 0 Å². The molecule has 14 aromatic rings. The van der Waals surface area contributed by atoms with Gasteiger partial charge in [0.05, 0.1) is 44.3 Å². The summed E-state index contributed by atoms with van der Waals surface area (Å²) in [6, 6.07) is 69.4. The van der Waals surface area contributed by atoms with Gasteiger partial charge in [-0.2, -0.15) is 5.26 Å². The van der Waals surface area contributed by atoms with Crippen molar-refractivity contribution >= 4 is 97.1 Å². The zero-order chi connectivity index (χ0) is 43.5. The number of thiophene rings is 1. The van der Waals surface area contributed by atoms with E-state index in [2.05, 4.69) is 124 Å². The van der Waals surface area contributed by atoms with E-state index in [4.69, 9.17) is 19.4 Å². The van der Waals surface area contributed by atoms with Crippen LogP contribution in [0.1, 0.15) is 5.56 Å². The number of nitriles is 1. The summed E-state index contributed by atoms with van der Waals surface area (Å²) < 4.78 is 14.3. The molecule has 5 heterocycles. The number of aromatic nitrogens is 5. The first-order valence-electron chi connectivity index (χ1n) is 21.8. The van der Waals surface area contributed by atoms with Gasteiger partial charge in [0.25, 0.3) is 0 Å². The molecule has 0 radical (unpaired) electrons. The maximum Gasteiger partial charge on any atom is 0.169 e. The molecule has 0 saturated heterocycles. The number of nitrogens with zero attached hydrogens (tertiary/aromatic N) is 6. The topological polar surface area (TPSA) is 85.5 Å². The number of furan rings is 1. The van der Waals surface area contributed by atoms with E-state index >= 15 is 0 Å². The molecule has 0 unspecified atom stereocenters. The molecule has 7 nitrogen and oxygen atoms in total. The molecule has 0 atom stereocenters. The summed E-state index contributed by atoms with van der Waals surface area (Å²) in [6.45, 7) is 0. The summed E-state index contributed by atoms with van der Waals surface area (Å²) in [4.78, 5) is 15.3. The van der Waals surface area contributed by atoms with E-state index in [0.717, 1.165) is 66.1 Å². The van der Waals surface area contributed by atoms with Crippen LogP contribution in [0.15, 0.2) is 199 Å². The zero-order valence-electron chi connectivity index (χ0n) is 35.0. The number of hydrogen-bond acceptors (Lipinski definition) is 6. The highest BCUT2D eigenvalue weighted by Gasteiger charge is 2.30. The summed E-state index contributed by atoms with van der Waals surface area (Å²) in [5.74, 6) is 1.37. The number of rotatable bonds is 5. The van der Waals surface area contributed by atoms with Gasteiger partial charge in [-0.05, 0) is 42.5 Å². The van der Waals surface area contributed by atoms with E-state index in [9.17, 15) is 5.26 Å². The van der Waals surface area contributed by atoms with Gasteiger partial charge < -0.3 is 13.6 Å². The second kappa shape index (κ2) is 14.1. The average Bonchev–Trinajstić information content (AvgIpc) is 4.15. The van der Waals surface area contributed by atoms with E-state index in [1.165, 1.54) is 30.9 Å². The van der Waals surface area contributed by atoms with E-state index in [1.54, 1.807) is 0 Å². The van der Waals surface area contributed by atoms with E-state index in [0.29, 0.717) is 39.8 Å². The molecule has 0 bridgehead atoms. The van der Waals surface area contributed by atoms with Crippen LogP contribution in [0.4, 0.5) is 0 Å². The van der Waals surface area contributed by atoms with Crippen LogP contribution in [0.5, 0.6) is 0 Å².